The predicted molar refractivity (Wildman–Crippen MR) is 113 cm³/mol. The van der Waals surface area contributed by atoms with Gasteiger partial charge in [0.15, 0.2) is 0 Å². The van der Waals surface area contributed by atoms with Gasteiger partial charge in [0.25, 0.3) is 5.91 Å². The van der Waals surface area contributed by atoms with Gasteiger partial charge in [-0.3, -0.25) is 4.79 Å². The predicted octanol–water partition coefficient (Wildman–Crippen LogP) is 3.32. The first-order chi connectivity index (χ1) is 13.4. The summed E-state index contributed by atoms with van der Waals surface area (Å²) in [6.07, 6.45) is 1.59. The van der Waals surface area contributed by atoms with Crippen LogP contribution in [0.2, 0.25) is 0 Å². The van der Waals surface area contributed by atoms with E-state index in [1.165, 1.54) is 6.07 Å². The van der Waals surface area contributed by atoms with Crippen LogP contribution in [0.25, 0.3) is 0 Å². The molecule has 156 valence electrons. The summed E-state index contributed by atoms with van der Waals surface area (Å²) in [5.41, 5.74) is 3.42. The van der Waals surface area contributed by atoms with E-state index in [0.29, 0.717) is 6.42 Å². The lowest BCUT2D eigenvalue weighted by Gasteiger charge is -2.41. The number of carbonyl (C=O) groups excluding carboxylic acids is 1. The number of hydrogen-bond acceptors (Lipinski definition) is 5. The van der Waals surface area contributed by atoms with Crippen molar-refractivity contribution in [1.29, 1.82) is 0 Å². The fourth-order valence-electron chi connectivity index (χ4n) is 3.75. The molecule has 0 aromatic heterocycles. The van der Waals surface area contributed by atoms with Crippen molar-refractivity contribution in [1.82, 2.24) is 4.72 Å². The number of nitrogens with zero attached hydrogens (tertiary/aromatic N) is 1. The van der Waals surface area contributed by atoms with Crippen LogP contribution in [0, 0.1) is 11.2 Å². The third kappa shape index (κ3) is 4.70. The molecule has 1 unspecified atom stereocenters. The number of nitrogens with one attached hydrogen (secondary N) is 2. The molecule has 0 bridgehead atoms. The summed E-state index contributed by atoms with van der Waals surface area (Å²) in [4.78, 5) is 14.0. The van der Waals surface area contributed by atoms with Gasteiger partial charge in [-0.15, -0.1) is 0 Å². The first kappa shape index (κ1) is 21.1. The second-order valence-electron chi connectivity index (χ2n) is 8.46. The molecule has 2 aromatic carbocycles. The molecule has 8 heteroatoms. The summed E-state index contributed by atoms with van der Waals surface area (Å²) >= 11 is 0. The van der Waals surface area contributed by atoms with E-state index in [1.54, 1.807) is 24.3 Å². The molecule has 0 spiro atoms. The highest BCUT2D eigenvalue weighted by molar-refractivity contribution is 7.89. The lowest BCUT2D eigenvalue weighted by molar-refractivity contribution is 0.0981. The highest BCUT2D eigenvalue weighted by atomic mass is 32.2. The molecular formula is C21H26FN3O3S. The summed E-state index contributed by atoms with van der Waals surface area (Å²) < 4.78 is 38.9. The fourth-order valence-corrected chi connectivity index (χ4v) is 4.20. The van der Waals surface area contributed by atoms with Crippen LogP contribution in [0.3, 0.4) is 0 Å². The molecule has 1 atom stereocenters. The molecule has 3 rings (SSSR count). The van der Waals surface area contributed by atoms with Gasteiger partial charge in [0.1, 0.15) is 5.82 Å². The minimum absolute atomic E-state index is 0.125. The average Bonchev–Trinajstić information content (AvgIpc) is 2.57. The first-order valence-electron chi connectivity index (χ1n) is 9.25. The molecule has 0 radical (unpaired) electrons. The van der Waals surface area contributed by atoms with E-state index in [2.05, 4.69) is 19.2 Å². The number of rotatable bonds is 4. The van der Waals surface area contributed by atoms with Gasteiger partial charge in [0.05, 0.1) is 12.3 Å². The number of sulfonamides is 1. The van der Waals surface area contributed by atoms with E-state index >= 15 is 0 Å². The smallest absolute Gasteiger partial charge is 0.264 e. The molecule has 0 fully saturated rings. The second kappa shape index (κ2) is 7.33. The molecule has 2 N–H and O–H groups in total. The minimum Gasteiger partial charge on any atom is -0.378 e. The van der Waals surface area contributed by atoms with Crippen molar-refractivity contribution in [3.8, 4) is 0 Å². The Balaban J connectivity index is 1.96. The molecular weight excluding hydrogens is 393 g/mol. The maximum atomic E-state index is 14.2. The number of benzene rings is 2. The minimum atomic E-state index is -3.63. The normalized spacial score (nSPS) is 17.8. The number of fused-ring (bicyclic) bond motifs is 1. The van der Waals surface area contributed by atoms with Gasteiger partial charge < -0.3 is 10.2 Å². The Morgan fingerprint density at radius 1 is 1.21 bits per heavy atom. The number of carbonyl (C=O) groups is 1. The monoisotopic (exact) mass is 419 g/mol. The van der Waals surface area contributed by atoms with Gasteiger partial charge in [0.2, 0.25) is 10.0 Å². The first-order valence-corrected chi connectivity index (χ1v) is 11.1. The van der Waals surface area contributed by atoms with Crippen LogP contribution >= 0.6 is 0 Å². The Bertz CT molecular complexity index is 1060. The third-order valence-corrected chi connectivity index (χ3v) is 5.68. The fraction of sp³-hybridized carbons (Fsp3) is 0.381. The molecule has 0 aliphatic carbocycles. The molecule has 1 aliphatic heterocycles. The van der Waals surface area contributed by atoms with Crippen molar-refractivity contribution < 1.29 is 17.6 Å². The van der Waals surface area contributed by atoms with E-state index in [9.17, 15) is 17.6 Å². The molecule has 29 heavy (non-hydrogen) atoms. The second-order valence-corrected chi connectivity index (χ2v) is 10.2. The highest BCUT2D eigenvalue weighted by Gasteiger charge is 2.36. The zero-order valence-corrected chi connectivity index (χ0v) is 18.0. The zero-order valence-electron chi connectivity index (χ0n) is 17.2. The Hall–Kier alpha value is -2.61. The maximum absolute atomic E-state index is 14.2. The molecule has 1 amide bonds. The Kier molecular flexibility index (Phi) is 5.34. The summed E-state index contributed by atoms with van der Waals surface area (Å²) in [5.74, 6) is -0.946. The lowest BCUT2D eigenvalue weighted by atomic mass is 9.72. The average molecular weight is 420 g/mol. The number of hydrogen-bond donors (Lipinski definition) is 2. The van der Waals surface area contributed by atoms with Crippen LogP contribution in [-0.2, 0) is 16.4 Å². The SMILES string of the molecule is CN(C)c1cc(F)cc(C2Nc3ccc(C(=O)NS(C)(=O)=O)cc3CC2(C)C)c1. The van der Waals surface area contributed by atoms with E-state index in [4.69, 9.17) is 0 Å². The largest absolute Gasteiger partial charge is 0.378 e. The van der Waals surface area contributed by atoms with Gasteiger partial charge >= 0.3 is 0 Å². The summed E-state index contributed by atoms with van der Waals surface area (Å²) in [6, 6.07) is 9.95. The van der Waals surface area contributed by atoms with Crippen molar-refractivity contribution in [2.75, 3.05) is 30.6 Å². The van der Waals surface area contributed by atoms with Crippen molar-refractivity contribution in [2.24, 2.45) is 5.41 Å². The van der Waals surface area contributed by atoms with E-state index < -0.39 is 15.9 Å². The van der Waals surface area contributed by atoms with Crippen molar-refractivity contribution in [2.45, 2.75) is 26.3 Å². The number of anilines is 2. The highest BCUT2D eigenvalue weighted by Crippen LogP contribution is 2.45. The van der Waals surface area contributed by atoms with Crippen LogP contribution in [0.4, 0.5) is 15.8 Å². The van der Waals surface area contributed by atoms with Crippen molar-refractivity contribution >= 4 is 27.3 Å². The topological polar surface area (TPSA) is 78.5 Å². The standard InChI is InChI=1S/C21H26FN3O3S/c1-21(2)12-15-8-13(20(26)24-29(5,27)28)6-7-18(15)23-19(21)14-9-16(22)11-17(10-14)25(3)4/h6-11,19,23H,12H2,1-5H3,(H,24,26). The Labute approximate surface area is 171 Å². The van der Waals surface area contributed by atoms with Crippen LogP contribution < -0.4 is 14.9 Å². The number of halogens is 1. The Morgan fingerprint density at radius 2 is 1.90 bits per heavy atom. The van der Waals surface area contributed by atoms with E-state index in [-0.39, 0.29) is 22.8 Å². The van der Waals surface area contributed by atoms with Crippen LogP contribution in [-0.4, -0.2) is 34.7 Å². The van der Waals surface area contributed by atoms with E-state index in [1.807, 2.05) is 29.8 Å². The van der Waals surface area contributed by atoms with E-state index in [0.717, 1.165) is 28.8 Å². The van der Waals surface area contributed by atoms with Crippen LogP contribution in [0.1, 0.15) is 41.4 Å². The Morgan fingerprint density at radius 3 is 2.52 bits per heavy atom. The van der Waals surface area contributed by atoms with Crippen molar-refractivity contribution in [3.63, 3.8) is 0 Å². The third-order valence-electron chi connectivity index (χ3n) is 5.13. The quantitative estimate of drug-likeness (QED) is 0.795. The number of amides is 1. The molecule has 2 aromatic rings. The van der Waals surface area contributed by atoms with Crippen LogP contribution in [0.5, 0.6) is 0 Å². The summed E-state index contributed by atoms with van der Waals surface area (Å²) in [5, 5.41) is 3.48. The molecule has 6 nitrogen and oxygen atoms in total. The van der Waals surface area contributed by atoms with Gasteiger partial charge in [-0.1, -0.05) is 13.8 Å². The molecule has 0 saturated heterocycles. The van der Waals surface area contributed by atoms with Gasteiger partial charge in [-0.2, -0.15) is 0 Å². The molecule has 1 heterocycles. The lowest BCUT2D eigenvalue weighted by Crippen LogP contribution is -2.35. The van der Waals surface area contributed by atoms with Crippen LogP contribution in [0.15, 0.2) is 36.4 Å². The van der Waals surface area contributed by atoms with Gasteiger partial charge in [-0.25, -0.2) is 17.5 Å². The molecule has 1 aliphatic rings. The summed E-state index contributed by atoms with van der Waals surface area (Å²) in [6.45, 7) is 4.16. The van der Waals surface area contributed by atoms with Gasteiger partial charge in [-0.05, 0) is 59.4 Å². The molecule has 0 saturated carbocycles. The summed E-state index contributed by atoms with van der Waals surface area (Å²) in [7, 11) is 0.112. The zero-order chi connectivity index (χ0) is 21.6. The van der Waals surface area contributed by atoms with Crippen molar-refractivity contribution in [3.05, 3.63) is 58.9 Å². The maximum Gasteiger partial charge on any atom is 0.264 e. The van der Waals surface area contributed by atoms with Gasteiger partial charge in [0, 0.05) is 31.0 Å².